The van der Waals surface area contributed by atoms with Crippen molar-refractivity contribution in [3.63, 3.8) is 0 Å². The summed E-state index contributed by atoms with van der Waals surface area (Å²) >= 11 is 0. The van der Waals surface area contributed by atoms with Crippen LogP contribution in [0.5, 0.6) is 5.75 Å². The Hall–Kier alpha value is -5.61. The van der Waals surface area contributed by atoms with Gasteiger partial charge < -0.3 is 4.74 Å². The van der Waals surface area contributed by atoms with E-state index >= 15 is 0 Å². The number of aryl methyl sites for hydroxylation is 1. The molecule has 0 spiro atoms. The van der Waals surface area contributed by atoms with Gasteiger partial charge in [0, 0.05) is 22.6 Å². The standard InChI is InChI=1S/C43H35N3O/c1-2-9-28-47-40-17-10-16-38(39(40)15-6-1)32-21-25-35(26-22-32)43-45-41(33-12-4-3-5-13-33)44-42(46-43)34-23-18-31(19-24-34)37-27-20-30-11-7-8-14-36(30)29-37/h1-6,8-10,12,14,16-27,29,33H,7,11,13,15,28H2/b6-1-,9-2-. The van der Waals surface area contributed by atoms with Crippen molar-refractivity contribution in [1.29, 1.82) is 0 Å². The first kappa shape index (κ1) is 28.8. The molecule has 1 atom stereocenters. The Balaban J connectivity index is 1.13. The van der Waals surface area contributed by atoms with Crippen molar-refractivity contribution in [1.82, 2.24) is 15.0 Å². The van der Waals surface area contributed by atoms with Crippen LogP contribution in [0.25, 0.3) is 51.1 Å². The Morgan fingerprint density at radius 3 is 2.13 bits per heavy atom. The van der Waals surface area contributed by atoms with E-state index in [1.807, 2.05) is 12.2 Å². The lowest BCUT2D eigenvalue weighted by Gasteiger charge is -2.16. The molecule has 0 saturated heterocycles. The first-order chi connectivity index (χ1) is 23.3. The van der Waals surface area contributed by atoms with Gasteiger partial charge in [-0.1, -0.05) is 127 Å². The predicted octanol–water partition coefficient (Wildman–Crippen LogP) is 10.1. The van der Waals surface area contributed by atoms with Crippen LogP contribution in [-0.4, -0.2) is 21.6 Å². The topological polar surface area (TPSA) is 47.9 Å². The molecule has 0 bridgehead atoms. The Kier molecular flexibility index (Phi) is 7.99. The van der Waals surface area contributed by atoms with E-state index in [-0.39, 0.29) is 5.92 Å². The Morgan fingerprint density at radius 1 is 0.617 bits per heavy atom. The molecule has 4 heteroatoms. The maximum Gasteiger partial charge on any atom is 0.163 e. The average Bonchev–Trinajstić information content (AvgIpc) is 3.27. The normalized spacial score (nSPS) is 17.8. The number of nitrogens with zero attached hydrogens (tertiary/aromatic N) is 3. The number of ether oxygens (including phenoxy) is 1. The summed E-state index contributed by atoms with van der Waals surface area (Å²) < 4.78 is 6.08. The molecule has 0 radical (unpaired) electrons. The molecule has 1 unspecified atom stereocenters. The predicted molar refractivity (Wildman–Crippen MR) is 192 cm³/mol. The van der Waals surface area contributed by atoms with Crippen molar-refractivity contribution >= 4 is 6.08 Å². The van der Waals surface area contributed by atoms with Crippen LogP contribution in [0, 0.1) is 0 Å². The van der Waals surface area contributed by atoms with Gasteiger partial charge in [-0.05, 0) is 77.3 Å². The molecule has 3 aliphatic rings. The van der Waals surface area contributed by atoms with Crippen LogP contribution < -0.4 is 4.74 Å². The minimum Gasteiger partial charge on any atom is -0.489 e. The molecule has 0 N–H and O–H groups in total. The lowest BCUT2D eigenvalue weighted by Crippen LogP contribution is -2.07. The molecule has 47 heavy (non-hydrogen) atoms. The first-order valence-electron chi connectivity index (χ1n) is 16.5. The van der Waals surface area contributed by atoms with Gasteiger partial charge in [-0.15, -0.1) is 0 Å². The van der Waals surface area contributed by atoms with Crippen molar-refractivity contribution in [3.05, 3.63) is 162 Å². The Labute approximate surface area is 276 Å². The summed E-state index contributed by atoms with van der Waals surface area (Å²) in [5, 5.41) is 0. The molecule has 1 aromatic heterocycles. The summed E-state index contributed by atoms with van der Waals surface area (Å²) in [5.41, 5.74) is 10.6. The van der Waals surface area contributed by atoms with E-state index in [1.165, 1.54) is 33.4 Å². The summed E-state index contributed by atoms with van der Waals surface area (Å²) in [5.74, 6) is 3.20. The van der Waals surface area contributed by atoms with E-state index in [2.05, 4.69) is 134 Å². The van der Waals surface area contributed by atoms with Crippen LogP contribution in [0.4, 0.5) is 0 Å². The van der Waals surface area contributed by atoms with Crippen LogP contribution in [0.15, 0.2) is 140 Å². The monoisotopic (exact) mass is 609 g/mol. The van der Waals surface area contributed by atoms with Gasteiger partial charge >= 0.3 is 0 Å². The van der Waals surface area contributed by atoms with Gasteiger partial charge in [0.1, 0.15) is 18.2 Å². The number of benzene rings is 4. The van der Waals surface area contributed by atoms with Gasteiger partial charge in [0.2, 0.25) is 0 Å². The highest BCUT2D eigenvalue weighted by Gasteiger charge is 2.18. The van der Waals surface area contributed by atoms with Gasteiger partial charge in [0.25, 0.3) is 0 Å². The van der Waals surface area contributed by atoms with Crippen molar-refractivity contribution in [2.75, 3.05) is 6.61 Å². The Bertz CT molecular complexity index is 2080. The van der Waals surface area contributed by atoms with Crippen LogP contribution in [0.1, 0.15) is 41.3 Å². The SMILES string of the molecule is C1=CCC(c2nc(-c3ccc(-c4ccc5c(c4)C=CCC5)cc3)nc(-c3ccc(-c4cccc5c4C/C=C\C=C/CO5)cc3)n2)C=C1. The lowest BCUT2D eigenvalue weighted by atomic mass is 9.93. The number of allylic oxidation sites excluding steroid dienone is 8. The van der Waals surface area contributed by atoms with E-state index in [0.717, 1.165) is 53.9 Å². The minimum atomic E-state index is 0.109. The molecule has 4 aromatic carbocycles. The minimum absolute atomic E-state index is 0.109. The average molecular weight is 610 g/mol. The van der Waals surface area contributed by atoms with Crippen molar-refractivity contribution < 1.29 is 4.74 Å². The van der Waals surface area contributed by atoms with E-state index in [4.69, 9.17) is 19.7 Å². The summed E-state index contributed by atoms with van der Waals surface area (Å²) in [6.07, 6.45) is 25.3. The quantitative estimate of drug-likeness (QED) is 0.199. The zero-order valence-corrected chi connectivity index (χ0v) is 26.2. The number of aromatic nitrogens is 3. The number of hydrogen-bond acceptors (Lipinski definition) is 4. The smallest absolute Gasteiger partial charge is 0.163 e. The van der Waals surface area contributed by atoms with E-state index in [9.17, 15) is 0 Å². The van der Waals surface area contributed by atoms with E-state index < -0.39 is 0 Å². The van der Waals surface area contributed by atoms with Crippen LogP contribution >= 0.6 is 0 Å². The van der Waals surface area contributed by atoms with E-state index in [0.29, 0.717) is 18.3 Å². The second kappa shape index (κ2) is 13.0. The molecular weight excluding hydrogens is 574 g/mol. The summed E-state index contributed by atoms with van der Waals surface area (Å²) in [6, 6.07) is 30.3. The second-order valence-electron chi connectivity index (χ2n) is 12.2. The zero-order valence-electron chi connectivity index (χ0n) is 26.2. The molecule has 5 aromatic rings. The number of hydrogen-bond donors (Lipinski definition) is 0. The fourth-order valence-electron chi connectivity index (χ4n) is 6.52. The molecule has 228 valence electrons. The molecule has 1 aliphatic heterocycles. The van der Waals surface area contributed by atoms with Crippen LogP contribution in [0.2, 0.25) is 0 Å². The highest BCUT2D eigenvalue weighted by Crippen LogP contribution is 2.34. The van der Waals surface area contributed by atoms with E-state index in [1.54, 1.807) is 0 Å². The second-order valence-corrected chi connectivity index (χ2v) is 12.2. The molecule has 4 nitrogen and oxygen atoms in total. The molecule has 0 amide bonds. The Morgan fingerprint density at radius 2 is 1.34 bits per heavy atom. The van der Waals surface area contributed by atoms with Crippen LogP contribution in [-0.2, 0) is 12.8 Å². The number of rotatable bonds is 5. The first-order valence-corrected chi connectivity index (χ1v) is 16.5. The van der Waals surface area contributed by atoms with Gasteiger partial charge in [0.05, 0.1) is 0 Å². The third kappa shape index (κ3) is 6.15. The molecule has 0 fully saturated rings. The number of fused-ring (bicyclic) bond motifs is 2. The fraction of sp³-hybridized carbons (Fsp3) is 0.140. The maximum absolute atomic E-state index is 6.08. The molecular formula is C43H35N3O. The van der Waals surface area contributed by atoms with Crippen molar-refractivity contribution in [2.24, 2.45) is 0 Å². The summed E-state index contributed by atoms with van der Waals surface area (Å²) in [7, 11) is 0. The third-order valence-corrected chi connectivity index (χ3v) is 9.09. The molecule has 2 aliphatic carbocycles. The summed E-state index contributed by atoms with van der Waals surface area (Å²) in [6.45, 7) is 0.560. The zero-order chi connectivity index (χ0) is 31.4. The highest BCUT2D eigenvalue weighted by molar-refractivity contribution is 5.74. The van der Waals surface area contributed by atoms with Gasteiger partial charge in [-0.25, -0.2) is 15.0 Å². The third-order valence-electron chi connectivity index (χ3n) is 9.09. The molecule has 0 saturated carbocycles. The summed E-state index contributed by atoms with van der Waals surface area (Å²) in [4.78, 5) is 15.0. The van der Waals surface area contributed by atoms with Crippen molar-refractivity contribution in [2.45, 2.75) is 31.6 Å². The lowest BCUT2D eigenvalue weighted by molar-refractivity contribution is 0.360. The highest BCUT2D eigenvalue weighted by atomic mass is 16.5. The van der Waals surface area contributed by atoms with Gasteiger partial charge in [-0.3, -0.25) is 0 Å². The molecule has 8 rings (SSSR count). The van der Waals surface area contributed by atoms with Crippen molar-refractivity contribution in [3.8, 4) is 50.8 Å². The van der Waals surface area contributed by atoms with Gasteiger partial charge in [0.15, 0.2) is 11.6 Å². The van der Waals surface area contributed by atoms with Crippen LogP contribution in [0.3, 0.4) is 0 Å². The maximum atomic E-state index is 6.08. The fourth-order valence-corrected chi connectivity index (χ4v) is 6.52. The van der Waals surface area contributed by atoms with Gasteiger partial charge in [-0.2, -0.15) is 0 Å². The molecule has 2 heterocycles. The largest absolute Gasteiger partial charge is 0.489 e.